The van der Waals surface area contributed by atoms with Gasteiger partial charge in [0.2, 0.25) is 5.91 Å². The number of anilines is 1. The van der Waals surface area contributed by atoms with Gasteiger partial charge in [-0.2, -0.15) is 0 Å². The van der Waals surface area contributed by atoms with Crippen LogP contribution in [0, 0.1) is 5.41 Å². The Kier molecular flexibility index (Phi) is 3.21. The predicted octanol–water partition coefficient (Wildman–Crippen LogP) is 0.417. The third-order valence-corrected chi connectivity index (χ3v) is 3.62. The van der Waals surface area contributed by atoms with Crippen LogP contribution in [0.1, 0.15) is 19.0 Å². The van der Waals surface area contributed by atoms with E-state index in [0.717, 1.165) is 18.7 Å². The monoisotopic (exact) mass is 264 g/mol. The second-order valence-corrected chi connectivity index (χ2v) is 5.27. The molecule has 1 unspecified atom stereocenters. The van der Waals surface area contributed by atoms with Gasteiger partial charge in [-0.25, -0.2) is 0 Å². The maximum Gasteiger partial charge on any atom is 0.225 e. The van der Waals surface area contributed by atoms with Crippen LogP contribution in [0.25, 0.3) is 0 Å². The summed E-state index contributed by atoms with van der Waals surface area (Å²) in [5, 5.41) is 0. The molecule has 1 saturated heterocycles. The highest BCUT2D eigenvalue weighted by molar-refractivity contribution is 7.80. The molecule has 5 nitrogen and oxygen atoms in total. The standard InChI is InChI=1S/C12H16N4OS/c1-12(11(14)17)4-6-16(7-12)8-3-2-5-15-9(8)10(13)18/h2-3,5H,4,6-7H2,1H3,(H2,13,18)(H2,14,17). The third-order valence-electron chi connectivity index (χ3n) is 3.43. The Labute approximate surface area is 111 Å². The summed E-state index contributed by atoms with van der Waals surface area (Å²) in [6.45, 7) is 3.20. The minimum atomic E-state index is -0.497. The Hall–Kier alpha value is -1.69. The van der Waals surface area contributed by atoms with Crippen molar-refractivity contribution in [2.75, 3.05) is 18.0 Å². The van der Waals surface area contributed by atoms with Crippen LogP contribution in [0.15, 0.2) is 18.3 Å². The van der Waals surface area contributed by atoms with Crippen molar-refractivity contribution in [1.82, 2.24) is 4.98 Å². The van der Waals surface area contributed by atoms with E-state index in [9.17, 15) is 4.79 Å². The van der Waals surface area contributed by atoms with Crippen LogP contribution in [0.2, 0.25) is 0 Å². The second kappa shape index (κ2) is 4.53. The quantitative estimate of drug-likeness (QED) is 0.773. The number of thiocarbonyl (C=S) groups is 1. The lowest BCUT2D eigenvalue weighted by molar-refractivity contribution is -0.125. The highest BCUT2D eigenvalue weighted by Crippen LogP contribution is 2.33. The number of nitrogens with two attached hydrogens (primary N) is 2. The van der Waals surface area contributed by atoms with Crippen LogP contribution in [0.4, 0.5) is 5.69 Å². The predicted molar refractivity (Wildman–Crippen MR) is 74.3 cm³/mol. The SMILES string of the molecule is CC1(C(N)=O)CCN(c2cccnc2C(N)=S)C1. The molecule has 1 aromatic heterocycles. The number of primary amides is 1. The average Bonchev–Trinajstić information content (AvgIpc) is 2.73. The van der Waals surface area contributed by atoms with E-state index in [2.05, 4.69) is 9.88 Å². The fraction of sp³-hybridized carbons (Fsp3) is 0.417. The first-order valence-corrected chi connectivity index (χ1v) is 6.14. The molecule has 1 amide bonds. The van der Waals surface area contributed by atoms with Gasteiger partial charge in [0.1, 0.15) is 10.7 Å². The molecule has 0 bridgehead atoms. The number of amides is 1. The minimum Gasteiger partial charge on any atom is -0.388 e. The number of pyridine rings is 1. The number of hydrogen-bond donors (Lipinski definition) is 2. The average molecular weight is 264 g/mol. The molecule has 1 fully saturated rings. The number of carbonyl (C=O) groups excluding carboxylic acids is 1. The Morgan fingerprint density at radius 2 is 2.28 bits per heavy atom. The summed E-state index contributed by atoms with van der Waals surface area (Å²) in [6.07, 6.45) is 2.38. The van der Waals surface area contributed by atoms with E-state index < -0.39 is 5.41 Å². The first-order valence-electron chi connectivity index (χ1n) is 5.74. The normalized spacial score (nSPS) is 23.1. The number of nitrogens with zero attached hydrogens (tertiary/aromatic N) is 2. The van der Waals surface area contributed by atoms with Gasteiger partial charge in [0, 0.05) is 19.3 Å². The van der Waals surface area contributed by atoms with Crippen molar-refractivity contribution < 1.29 is 4.79 Å². The van der Waals surface area contributed by atoms with Gasteiger partial charge in [0.15, 0.2) is 0 Å². The topological polar surface area (TPSA) is 85.2 Å². The molecule has 0 spiro atoms. The molecule has 6 heteroatoms. The molecule has 2 heterocycles. The van der Waals surface area contributed by atoms with Crippen LogP contribution in [-0.2, 0) is 4.79 Å². The summed E-state index contributed by atoms with van der Waals surface area (Å²) >= 11 is 4.99. The largest absolute Gasteiger partial charge is 0.388 e. The van der Waals surface area contributed by atoms with Crippen LogP contribution in [-0.4, -0.2) is 29.0 Å². The molecule has 1 aromatic rings. The van der Waals surface area contributed by atoms with Crippen molar-refractivity contribution >= 4 is 28.8 Å². The fourth-order valence-electron chi connectivity index (χ4n) is 2.21. The van der Waals surface area contributed by atoms with E-state index in [0.29, 0.717) is 12.2 Å². The molecule has 0 saturated carbocycles. The van der Waals surface area contributed by atoms with E-state index in [4.69, 9.17) is 23.7 Å². The molecule has 4 N–H and O–H groups in total. The molecule has 18 heavy (non-hydrogen) atoms. The zero-order chi connectivity index (χ0) is 13.3. The third kappa shape index (κ3) is 2.15. The zero-order valence-corrected chi connectivity index (χ0v) is 11.0. The Morgan fingerprint density at radius 3 is 2.83 bits per heavy atom. The summed E-state index contributed by atoms with van der Waals surface area (Å²) in [4.78, 5) is 18.0. The van der Waals surface area contributed by atoms with E-state index in [-0.39, 0.29) is 10.9 Å². The summed E-state index contributed by atoms with van der Waals surface area (Å²) < 4.78 is 0. The summed E-state index contributed by atoms with van der Waals surface area (Å²) in [5.74, 6) is -0.272. The van der Waals surface area contributed by atoms with Gasteiger partial charge in [0.25, 0.3) is 0 Å². The summed E-state index contributed by atoms with van der Waals surface area (Å²) in [7, 11) is 0. The van der Waals surface area contributed by atoms with Crippen LogP contribution in [0.3, 0.4) is 0 Å². The lowest BCUT2D eigenvalue weighted by Crippen LogP contribution is -2.37. The van der Waals surface area contributed by atoms with E-state index in [1.165, 1.54) is 0 Å². The molecule has 96 valence electrons. The molecule has 1 aliphatic rings. The van der Waals surface area contributed by atoms with Gasteiger partial charge in [-0.05, 0) is 25.5 Å². The van der Waals surface area contributed by atoms with Crippen molar-refractivity contribution in [3.05, 3.63) is 24.0 Å². The molecule has 0 aromatic carbocycles. The van der Waals surface area contributed by atoms with Crippen LogP contribution in [0.5, 0.6) is 0 Å². The van der Waals surface area contributed by atoms with Gasteiger partial charge < -0.3 is 16.4 Å². The first kappa shape index (κ1) is 12.8. The Bertz CT molecular complexity index is 505. The molecular weight excluding hydrogens is 248 g/mol. The van der Waals surface area contributed by atoms with Gasteiger partial charge in [0.05, 0.1) is 11.1 Å². The number of hydrogen-bond acceptors (Lipinski definition) is 4. The summed E-state index contributed by atoms with van der Waals surface area (Å²) in [5.41, 5.74) is 12.1. The van der Waals surface area contributed by atoms with Crippen LogP contribution >= 0.6 is 12.2 Å². The lowest BCUT2D eigenvalue weighted by atomic mass is 9.89. The van der Waals surface area contributed by atoms with E-state index in [1.54, 1.807) is 6.20 Å². The van der Waals surface area contributed by atoms with Gasteiger partial charge in [-0.3, -0.25) is 9.78 Å². The van der Waals surface area contributed by atoms with E-state index in [1.807, 2.05) is 19.1 Å². The number of carbonyl (C=O) groups is 1. The van der Waals surface area contributed by atoms with Crippen molar-refractivity contribution in [2.45, 2.75) is 13.3 Å². The van der Waals surface area contributed by atoms with Gasteiger partial charge in [-0.1, -0.05) is 12.2 Å². The number of aromatic nitrogens is 1. The van der Waals surface area contributed by atoms with Crippen molar-refractivity contribution in [1.29, 1.82) is 0 Å². The van der Waals surface area contributed by atoms with Crippen molar-refractivity contribution in [2.24, 2.45) is 16.9 Å². The molecule has 0 aliphatic carbocycles. The van der Waals surface area contributed by atoms with E-state index >= 15 is 0 Å². The number of rotatable bonds is 3. The Balaban J connectivity index is 2.30. The molecule has 0 radical (unpaired) electrons. The highest BCUT2D eigenvalue weighted by atomic mass is 32.1. The van der Waals surface area contributed by atoms with Gasteiger partial charge >= 0.3 is 0 Å². The van der Waals surface area contributed by atoms with Gasteiger partial charge in [-0.15, -0.1) is 0 Å². The molecule has 2 rings (SSSR count). The molecular formula is C12H16N4OS. The zero-order valence-electron chi connectivity index (χ0n) is 10.2. The highest BCUT2D eigenvalue weighted by Gasteiger charge is 2.39. The maximum absolute atomic E-state index is 11.4. The lowest BCUT2D eigenvalue weighted by Gasteiger charge is -2.23. The Morgan fingerprint density at radius 1 is 1.56 bits per heavy atom. The smallest absolute Gasteiger partial charge is 0.225 e. The fourth-order valence-corrected chi connectivity index (χ4v) is 2.37. The van der Waals surface area contributed by atoms with Crippen LogP contribution < -0.4 is 16.4 Å². The molecule has 1 aliphatic heterocycles. The second-order valence-electron chi connectivity index (χ2n) is 4.83. The van der Waals surface area contributed by atoms with Crippen molar-refractivity contribution in [3.8, 4) is 0 Å². The summed E-state index contributed by atoms with van der Waals surface area (Å²) in [6, 6.07) is 3.74. The minimum absolute atomic E-state index is 0.262. The van der Waals surface area contributed by atoms with Crippen molar-refractivity contribution in [3.63, 3.8) is 0 Å². The molecule has 1 atom stereocenters. The maximum atomic E-state index is 11.4. The first-order chi connectivity index (χ1) is 8.44.